The van der Waals surface area contributed by atoms with Crippen molar-refractivity contribution in [3.8, 4) is 0 Å². The zero-order chi connectivity index (χ0) is 12.8. The number of likely N-dealkylation sites (N-methyl/N-ethyl adjacent to an activating group) is 3. The summed E-state index contributed by atoms with van der Waals surface area (Å²) < 4.78 is 2.24. The molecule has 0 rings (SSSR count). The van der Waals surface area contributed by atoms with Crippen molar-refractivity contribution in [2.75, 3.05) is 74.5 Å². The van der Waals surface area contributed by atoms with E-state index in [0.717, 1.165) is 8.97 Å². The number of hydrogen-bond acceptors (Lipinski definition) is 1. The van der Waals surface area contributed by atoms with Gasteiger partial charge in [-0.2, -0.15) is 0 Å². The van der Waals surface area contributed by atoms with Crippen molar-refractivity contribution < 1.29 is 42.9 Å². The monoisotopic (exact) mass is 389 g/mol. The fraction of sp³-hybridized carbons (Fsp3) is 1.00. The Morgan fingerprint density at radius 1 is 0.722 bits per heavy atom. The molecule has 0 atom stereocenters. The van der Waals surface area contributed by atoms with Crippen molar-refractivity contribution in [1.82, 2.24) is 4.90 Å². The summed E-state index contributed by atoms with van der Waals surface area (Å²) in [6, 6.07) is 0. The molecule has 5 heteroatoms. The number of nitrogens with zero attached hydrogens (tertiary/aromatic N) is 3. The molecule has 0 unspecified atom stereocenters. The molecule has 0 heterocycles. The van der Waals surface area contributed by atoms with Crippen molar-refractivity contribution >= 4 is 0 Å². The number of rotatable bonds is 8. The van der Waals surface area contributed by atoms with Gasteiger partial charge in [0.1, 0.15) is 0 Å². The van der Waals surface area contributed by atoms with Crippen LogP contribution in [0, 0.1) is 0 Å². The molecule has 0 spiro atoms. The summed E-state index contributed by atoms with van der Waals surface area (Å²) in [7, 11) is 11.5. The highest BCUT2D eigenvalue weighted by Crippen LogP contribution is 1.99. The first-order valence-electron chi connectivity index (χ1n) is 6.55. The van der Waals surface area contributed by atoms with Gasteiger partial charge in [0.2, 0.25) is 0 Å². The van der Waals surface area contributed by atoms with Crippen LogP contribution in [0.3, 0.4) is 0 Å². The van der Waals surface area contributed by atoms with E-state index in [1.807, 2.05) is 0 Å². The molecular formula is C13H33Br2N3. The molecule has 0 aromatic carbocycles. The zero-order valence-corrected chi connectivity index (χ0v) is 16.5. The van der Waals surface area contributed by atoms with Crippen LogP contribution in [0.1, 0.15) is 13.8 Å². The fourth-order valence-electron chi connectivity index (χ4n) is 1.31. The molecule has 0 saturated heterocycles. The van der Waals surface area contributed by atoms with E-state index in [1.54, 1.807) is 0 Å². The van der Waals surface area contributed by atoms with Gasteiger partial charge >= 0.3 is 0 Å². The maximum atomic E-state index is 2.46. The predicted molar refractivity (Wildman–Crippen MR) is 72.5 cm³/mol. The molecule has 18 heavy (non-hydrogen) atoms. The van der Waals surface area contributed by atoms with Gasteiger partial charge in [0.25, 0.3) is 0 Å². The van der Waals surface area contributed by atoms with E-state index < -0.39 is 0 Å². The number of hydrogen-bond donors (Lipinski definition) is 0. The molecule has 0 bridgehead atoms. The van der Waals surface area contributed by atoms with Crippen LogP contribution < -0.4 is 34.0 Å². The SMILES string of the molecule is CC[N+](C)(C)CCN(C)CC[N+](C)(C)CC.[Br-].[Br-]. The predicted octanol–water partition coefficient (Wildman–Crippen LogP) is -4.88. The van der Waals surface area contributed by atoms with Gasteiger partial charge in [-0.05, 0) is 20.9 Å². The van der Waals surface area contributed by atoms with Crippen LogP contribution in [0.25, 0.3) is 0 Å². The quantitative estimate of drug-likeness (QED) is 0.376. The van der Waals surface area contributed by atoms with Crippen LogP contribution in [0.4, 0.5) is 0 Å². The summed E-state index contributed by atoms with van der Waals surface area (Å²) in [6.45, 7) is 11.8. The Morgan fingerprint density at radius 3 is 1.22 bits per heavy atom. The van der Waals surface area contributed by atoms with Crippen molar-refractivity contribution in [1.29, 1.82) is 0 Å². The second-order valence-corrected chi connectivity index (χ2v) is 6.25. The average molecular weight is 391 g/mol. The molecule has 114 valence electrons. The third-order valence-electron chi connectivity index (χ3n) is 3.89. The Morgan fingerprint density at radius 2 is 1.00 bits per heavy atom. The lowest BCUT2D eigenvalue weighted by Gasteiger charge is -2.32. The van der Waals surface area contributed by atoms with Crippen molar-refractivity contribution in [3.05, 3.63) is 0 Å². The van der Waals surface area contributed by atoms with Gasteiger partial charge in [-0.25, -0.2) is 0 Å². The zero-order valence-electron chi connectivity index (χ0n) is 13.3. The van der Waals surface area contributed by atoms with Crippen molar-refractivity contribution in [2.45, 2.75) is 13.8 Å². The van der Waals surface area contributed by atoms with Crippen LogP contribution >= 0.6 is 0 Å². The average Bonchev–Trinajstić information content (AvgIpc) is 2.24. The number of halogens is 2. The minimum absolute atomic E-state index is 0. The summed E-state index contributed by atoms with van der Waals surface area (Å²) in [5.41, 5.74) is 0. The maximum absolute atomic E-state index is 2.46. The third-order valence-corrected chi connectivity index (χ3v) is 3.89. The smallest absolute Gasteiger partial charge is 0.0911 e. The van der Waals surface area contributed by atoms with E-state index in [0.29, 0.717) is 0 Å². The van der Waals surface area contributed by atoms with Crippen LogP contribution in [0.5, 0.6) is 0 Å². The minimum Gasteiger partial charge on any atom is -1.00 e. The van der Waals surface area contributed by atoms with E-state index in [-0.39, 0.29) is 34.0 Å². The van der Waals surface area contributed by atoms with Crippen LogP contribution in [0.15, 0.2) is 0 Å². The summed E-state index contributed by atoms with van der Waals surface area (Å²) in [6.07, 6.45) is 0. The molecule has 3 nitrogen and oxygen atoms in total. The molecular weight excluding hydrogens is 358 g/mol. The largest absolute Gasteiger partial charge is 1.00 e. The summed E-state index contributed by atoms with van der Waals surface area (Å²) in [5.74, 6) is 0. The first-order valence-corrected chi connectivity index (χ1v) is 6.55. The second-order valence-electron chi connectivity index (χ2n) is 6.25. The highest BCUT2D eigenvalue weighted by atomic mass is 79.9. The number of quaternary nitrogens is 2. The van der Waals surface area contributed by atoms with Gasteiger partial charge in [-0.1, -0.05) is 0 Å². The molecule has 0 saturated carbocycles. The topological polar surface area (TPSA) is 3.24 Å². The molecule has 0 amide bonds. The Hall–Kier alpha value is 0.840. The van der Waals surface area contributed by atoms with Crippen LogP contribution in [0.2, 0.25) is 0 Å². The lowest BCUT2D eigenvalue weighted by Crippen LogP contribution is -3.00. The van der Waals surface area contributed by atoms with Crippen LogP contribution in [-0.2, 0) is 0 Å². The molecule has 0 fully saturated rings. The molecule has 0 aromatic heterocycles. The van der Waals surface area contributed by atoms with Crippen molar-refractivity contribution in [2.24, 2.45) is 0 Å². The van der Waals surface area contributed by atoms with Gasteiger partial charge in [-0.15, -0.1) is 0 Å². The third kappa shape index (κ3) is 11.9. The highest BCUT2D eigenvalue weighted by Gasteiger charge is 2.15. The fourth-order valence-corrected chi connectivity index (χ4v) is 1.31. The Balaban J connectivity index is -0.00000112. The highest BCUT2D eigenvalue weighted by molar-refractivity contribution is 4.50. The molecule has 0 aliphatic rings. The van der Waals surface area contributed by atoms with E-state index in [1.165, 1.54) is 39.3 Å². The van der Waals surface area contributed by atoms with Gasteiger partial charge in [0.15, 0.2) is 0 Å². The minimum atomic E-state index is 0. The van der Waals surface area contributed by atoms with Gasteiger partial charge < -0.3 is 42.9 Å². The van der Waals surface area contributed by atoms with E-state index in [2.05, 4.69) is 54.0 Å². The van der Waals surface area contributed by atoms with Crippen molar-refractivity contribution in [3.63, 3.8) is 0 Å². The Bertz CT molecular complexity index is 177. The molecule has 0 aromatic rings. The molecule has 0 aliphatic heterocycles. The first kappa shape index (κ1) is 23.9. The first-order chi connectivity index (χ1) is 7.22. The van der Waals surface area contributed by atoms with Gasteiger partial charge in [-0.3, -0.25) is 4.90 Å². The maximum Gasteiger partial charge on any atom is 0.0911 e. The lowest BCUT2D eigenvalue weighted by molar-refractivity contribution is -0.890. The Labute approximate surface area is 136 Å². The standard InChI is InChI=1S/C13H33N3.2BrH/c1-8-15(4,5)12-10-14(3)11-13-16(6,7)9-2;;/h8-13H2,1-7H3;2*1H/q+2;;/p-2. The lowest BCUT2D eigenvalue weighted by atomic mass is 10.4. The second kappa shape index (κ2) is 10.6. The van der Waals surface area contributed by atoms with E-state index in [9.17, 15) is 0 Å². The normalized spacial score (nSPS) is 12.0. The molecule has 0 radical (unpaired) electrons. The summed E-state index contributed by atoms with van der Waals surface area (Å²) in [5, 5.41) is 0. The van der Waals surface area contributed by atoms with Crippen LogP contribution in [-0.4, -0.2) is 88.4 Å². The van der Waals surface area contributed by atoms with E-state index >= 15 is 0 Å². The molecule has 0 aliphatic carbocycles. The van der Waals surface area contributed by atoms with Gasteiger partial charge in [0, 0.05) is 13.1 Å². The summed E-state index contributed by atoms with van der Waals surface area (Å²) >= 11 is 0. The molecule has 0 N–H and O–H groups in total. The van der Waals surface area contributed by atoms with E-state index in [4.69, 9.17) is 0 Å². The Kier molecular flexibility index (Phi) is 14.1. The van der Waals surface area contributed by atoms with Gasteiger partial charge in [0.05, 0.1) is 54.4 Å². The summed E-state index contributed by atoms with van der Waals surface area (Å²) in [4.78, 5) is 2.46.